The lowest BCUT2D eigenvalue weighted by molar-refractivity contribution is 0.1000. The van der Waals surface area contributed by atoms with E-state index in [0.717, 1.165) is 18.7 Å². The van der Waals surface area contributed by atoms with Crippen molar-refractivity contribution in [3.05, 3.63) is 35.4 Å². The van der Waals surface area contributed by atoms with E-state index in [2.05, 4.69) is 17.1 Å². The number of rotatable bonds is 6. The molecule has 0 spiro atoms. The summed E-state index contributed by atoms with van der Waals surface area (Å²) in [5.74, 6) is -0.369. The molecule has 0 aliphatic carbocycles. The molecule has 1 heterocycles. The molecule has 1 atom stereocenters. The van der Waals surface area contributed by atoms with Crippen LogP contribution in [0.4, 0.5) is 0 Å². The molecular formula is C15H23N3O. The van der Waals surface area contributed by atoms with Gasteiger partial charge in [0.15, 0.2) is 0 Å². The third kappa shape index (κ3) is 4.33. The molecule has 1 aromatic carbocycles. The van der Waals surface area contributed by atoms with Crippen LogP contribution in [-0.2, 0) is 6.54 Å². The third-order valence-electron chi connectivity index (χ3n) is 3.60. The summed E-state index contributed by atoms with van der Waals surface area (Å²) in [6.45, 7) is 6.52. The summed E-state index contributed by atoms with van der Waals surface area (Å²) in [5, 5.41) is 3.50. The van der Waals surface area contributed by atoms with Crippen LogP contribution in [0.25, 0.3) is 0 Å². The number of nitrogens with two attached hydrogens (primary N) is 1. The summed E-state index contributed by atoms with van der Waals surface area (Å²) in [6.07, 6.45) is 2.65. The molecule has 0 bridgehead atoms. The SMILES string of the molecule is CC(CN1CCCC1)NCc1cccc(C(N)=O)c1. The second kappa shape index (κ2) is 6.68. The molecule has 0 saturated carbocycles. The molecule has 1 fully saturated rings. The van der Waals surface area contributed by atoms with Gasteiger partial charge in [-0.1, -0.05) is 12.1 Å². The Morgan fingerprint density at radius 3 is 2.84 bits per heavy atom. The third-order valence-corrected chi connectivity index (χ3v) is 3.60. The molecule has 4 nitrogen and oxygen atoms in total. The molecule has 1 aliphatic heterocycles. The number of primary amides is 1. The molecular weight excluding hydrogens is 238 g/mol. The molecule has 104 valence electrons. The fourth-order valence-electron chi connectivity index (χ4n) is 2.54. The zero-order valence-corrected chi connectivity index (χ0v) is 11.6. The van der Waals surface area contributed by atoms with Crippen LogP contribution in [0.1, 0.15) is 35.7 Å². The highest BCUT2D eigenvalue weighted by atomic mass is 16.1. The molecule has 0 aromatic heterocycles. The van der Waals surface area contributed by atoms with Crippen LogP contribution in [0, 0.1) is 0 Å². The summed E-state index contributed by atoms with van der Waals surface area (Å²) in [4.78, 5) is 13.6. The number of nitrogens with one attached hydrogen (secondary N) is 1. The number of nitrogens with zero attached hydrogens (tertiary/aromatic N) is 1. The Bertz CT molecular complexity index is 427. The molecule has 19 heavy (non-hydrogen) atoms. The number of amides is 1. The monoisotopic (exact) mass is 261 g/mol. The predicted octanol–water partition coefficient (Wildman–Crippen LogP) is 1.36. The number of carbonyl (C=O) groups excluding carboxylic acids is 1. The lowest BCUT2D eigenvalue weighted by atomic mass is 10.1. The fourth-order valence-corrected chi connectivity index (χ4v) is 2.54. The minimum atomic E-state index is -0.369. The van der Waals surface area contributed by atoms with E-state index in [0.29, 0.717) is 11.6 Å². The van der Waals surface area contributed by atoms with Crippen molar-refractivity contribution in [2.45, 2.75) is 32.4 Å². The zero-order valence-electron chi connectivity index (χ0n) is 11.6. The first-order valence-electron chi connectivity index (χ1n) is 6.99. The number of carbonyl (C=O) groups is 1. The predicted molar refractivity (Wildman–Crippen MR) is 76.9 cm³/mol. The number of benzene rings is 1. The maximum Gasteiger partial charge on any atom is 0.248 e. The summed E-state index contributed by atoms with van der Waals surface area (Å²) < 4.78 is 0. The van der Waals surface area contributed by atoms with E-state index in [1.54, 1.807) is 6.07 Å². The minimum Gasteiger partial charge on any atom is -0.366 e. The van der Waals surface area contributed by atoms with E-state index < -0.39 is 0 Å². The Hall–Kier alpha value is -1.39. The van der Waals surface area contributed by atoms with Crippen molar-refractivity contribution in [2.24, 2.45) is 5.73 Å². The smallest absolute Gasteiger partial charge is 0.248 e. The van der Waals surface area contributed by atoms with Gasteiger partial charge >= 0.3 is 0 Å². The Labute approximate surface area is 115 Å². The van der Waals surface area contributed by atoms with E-state index >= 15 is 0 Å². The molecule has 1 aromatic rings. The highest BCUT2D eigenvalue weighted by molar-refractivity contribution is 5.92. The molecule has 3 N–H and O–H groups in total. The van der Waals surface area contributed by atoms with E-state index in [1.807, 2.05) is 18.2 Å². The second-order valence-corrected chi connectivity index (χ2v) is 5.35. The topological polar surface area (TPSA) is 58.4 Å². The van der Waals surface area contributed by atoms with Crippen molar-refractivity contribution in [3.8, 4) is 0 Å². The minimum absolute atomic E-state index is 0.369. The standard InChI is InChI=1S/C15H23N3O/c1-12(11-18-7-2-3-8-18)17-10-13-5-4-6-14(9-13)15(16)19/h4-6,9,12,17H,2-3,7-8,10-11H2,1H3,(H2,16,19). The number of hydrogen-bond acceptors (Lipinski definition) is 3. The van der Waals surface area contributed by atoms with Crippen molar-refractivity contribution in [1.29, 1.82) is 0 Å². The lowest BCUT2D eigenvalue weighted by Gasteiger charge is -2.21. The summed E-state index contributed by atoms with van der Waals surface area (Å²) >= 11 is 0. The number of hydrogen-bond donors (Lipinski definition) is 2. The van der Waals surface area contributed by atoms with Crippen molar-refractivity contribution < 1.29 is 4.79 Å². The fraction of sp³-hybridized carbons (Fsp3) is 0.533. The van der Waals surface area contributed by atoms with E-state index in [-0.39, 0.29) is 5.91 Å². The lowest BCUT2D eigenvalue weighted by Crippen LogP contribution is -2.37. The second-order valence-electron chi connectivity index (χ2n) is 5.35. The molecule has 4 heteroatoms. The van der Waals surface area contributed by atoms with E-state index in [4.69, 9.17) is 5.73 Å². The van der Waals surface area contributed by atoms with Gasteiger partial charge in [0.25, 0.3) is 0 Å². The van der Waals surface area contributed by atoms with Gasteiger partial charge in [0.05, 0.1) is 0 Å². The molecule has 1 unspecified atom stereocenters. The Morgan fingerprint density at radius 1 is 1.42 bits per heavy atom. The quantitative estimate of drug-likeness (QED) is 0.813. The largest absolute Gasteiger partial charge is 0.366 e. The van der Waals surface area contributed by atoms with Crippen LogP contribution < -0.4 is 11.1 Å². The maximum absolute atomic E-state index is 11.1. The van der Waals surface area contributed by atoms with Gasteiger partial charge in [-0.15, -0.1) is 0 Å². The molecule has 0 radical (unpaired) electrons. The molecule has 2 rings (SSSR count). The molecule has 1 aliphatic rings. The van der Waals surface area contributed by atoms with Crippen molar-refractivity contribution >= 4 is 5.91 Å². The zero-order chi connectivity index (χ0) is 13.7. The normalized spacial score (nSPS) is 17.5. The Morgan fingerprint density at radius 2 is 2.16 bits per heavy atom. The Balaban J connectivity index is 1.80. The van der Waals surface area contributed by atoms with Crippen LogP contribution in [0.15, 0.2) is 24.3 Å². The van der Waals surface area contributed by atoms with Crippen LogP contribution in [0.5, 0.6) is 0 Å². The van der Waals surface area contributed by atoms with Crippen molar-refractivity contribution in [2.75, 3.05) is 19.6 Å². The average Bonchev–Trinajstić information content (AvgIpc) is 2.89. The van der Waals surface area contributed by atoms with Crippen LogP contribution in [-0.4, -0.2) is 36.5 Å². The van der Waals surface area contributed by atoms with Gasteiger partial charge < -0.3 is 16.0 Å². The first kappa shape index (κ1) is 14.0. The van der Waals surface area contributed by atoms with Gasteiger partial charge in [0.2, 0.25) is 5.91 Å². The van der Waals surface area contributed by atoms with Crippen LogP contribution in [0.2, 0.25) is 0 Å². The molecule has 1 amide bonds. The van der Waals surface area contributed by atoms with Crippen molar-refractivity contribution in [3.63, 3.8) is 0 Å². The van der Waals surface area contributed by atoms with Gasteiger partial charge in [-0.2, -0.15) is 0 Å². The van der Waals surface area contributed by atoms with Crippen LogP contribution >= 0.6 is 0 Å². The summed E-state index contributed by atoms with van der Waals surface area (Å²) in [6, 6.07) is 7.96. The summed E-state index contributed by atoms with van der Waals surface area (Å²) in [7, 11) is 0. The summed E-state index contributed by atoms with van der Waals surface area (Å²) in [5.41, 5.74) is 6.96. The maximum atomic E-state index is 11.1. The van der Waals surface area contributed by atoms with Gasteiger partial charge in [-0.3, -0.25) is 4.79 Å². The highest BCUT2D eigenvalue weighted by Crippen LogP contribution is 2.08. The van der Waals surface area contributed by atoms with E-state index in [1.165, 1.54) is 25.9 Å². The highest BCUT2D eigenvalue weighted by Gasteiger charge is 2.14. The van der Waals surface area contributed by atoms with Crippen LogP contribution in [0.3, 0.4) is 0 Å². The van der Waals surface area contributed by atoms with Crippen molar-refractivity contribution in [1.82, 2.24) is 10.2 Å². The molecule has 1 saturated heterocycles. The van der Waals surface area contributed by atoms with Gasteiger partial charge in [-0.05, 0) is 50.6 Å². The number of likely N-dealkylation sites (tertiary alicyclic amines) is 1. The van der Waals surface area contributed by atoms with Gasteiger partial charge in [-0.25, -0.2) is 0 Å². The average molecular weight is 261 g/mol. The first-order valence-corrected chi connectivity index (χ1v) is 6.99. The Kier molecular flexibility index (Phi) is 4.93. The van der Waals surface area contributed by atoms with Gasteiger partial charge in [0, 0.05) is 24.7 Å². The first-order chi connectivity index (χ1) is 9.15. The van der Waals surface area contributed by atoms with E-state index in [9.17, 15) is 4.79 Å². The van der Waals surface area contributed by atoms with Gasteiger partial charge in [0.1, 0.15) is 0 Å².